The van der Waals surface area contributed by atoms with Crippen molar-refractivity contribution in [1.29, 1.82) is 0 Å². The predicted octanol–water partition coefficient (Wildman–Crippen LogP) is 0.562. The van der Waals surface area contributed by atoms with E-state index in [4.69, 9.17) is 4.74 Å². The van der Waals surface area contributed by atoms with Crippen LogP contribution >= 0.6 is 0 Å². The van der Waals surface area contributed by atoms with Crippen molar-refractivity contribution in [3.8, 4) is 0 Å². The smallest absolute Gasteiger partial charge is 0.223 e. The number of carbonyl (C=O) groups is 2. The monoisotopic (exact) mass is 371 g/mol. The Labute approximate surface area is 155 Å². The molecule has 0 spiro atoms. The van der Waals surface area contributed by atoms with E-state index in [-0.39, 0.29) is 17.7 Å². The summed E-state index contributed by atoms with van der Waals surface area (Å²) in [6.07, 6.45) is -0.461. The van der Waals surface area contributed by atoms with Crippen LogP contribution in [0.4, 0.5) is 0 Å². The number of methoxy groups -OCH3 is 1. The third kappa shape index (κ3) is 7.15. The highest BCUT2D eigenvalue weighted by Gasteiger charge is 2.37. The van der Waals surface area contributed by atoms with Gasteiger partial charge in [0.25, 0.3) is 0 Å². The molecular formula is C19H33NO6. The fourth-order valence-corrected chi connectivity index (χ4v) is 2.90. The quantitative estimate of drug-likeness (QED) is 0.464. The van der Waals surface area contributed by atoms with E-state index in [1.807, 2.05) is 20.8 Å². The highest BCUT2D eigenvalue weighted by atomic mass is 16.5. The molecule has 1 rings (SSSR count). The largest absolute Gasteiger partial charge is 0.387 e. The number of allylic oxidation sites excluding steroid dienone is 1. The van der Waals surface area contributed by atoms with Crippen molar-refractivity contribution in [1.82, 2.24) is 5.32 Å². The third-order valence-electron chi connectivity index (χ3n) is 4.47. The van der Waals surface area contributed by atoms with E-state index in [1.165, 1.54) is 13.2 Å². The first-order chi connectivity index (χ1) is 12.1. The number of aliphatic hydroxyl groups excluding tert-OH is 3. The highest BCUT2D eigenvalue weighted by molar-refractivity contribution is 5.89. The van der Waals surface area contributed by atoms with E-state index in [1.54, 1.807) is 6.08 Å². The van der Waals surface area contributed by atoms with Crippen LogP contribution in [0.2, 0.25) is 0 Å². The Hall–Kier alpha value is -1.28. The second-order valence-electron chi connectivity index (χ2n) is 8.01. The Kier molecular flexibility index (Phi) is 8.89. The summed E-state index contributed by atoms with van der Waals surface area (Å²) < 4.78 is 5.07. The van der Waals surface area contributed by atoms with Crippen molar-refractivity contribution in [2.24, 2.45) is 11.3 Å². The Morgan fingerprint density at radius 2 is 1.92 bits per heavy atom. The highest BCUT2D eigenvalue weighted by Crippen LogP contribution is 2.21. The van der Waals surface area contributed by atoms with Crippen LogP contribution in [0.25, 0.3) is 0 Å². The van der Waals surface area contributed by atoms with Gasteiger partial charge in [0.2, 0.25) is 5.91 Å². The first-order valence-electron chi connectivity index (χ1n) is 9.13. The minimum atomic E-state index is -1.60. The number of amides is 1. The van der Waals surface area contributed by atoms with Gasteiger partial charge in [-0.2, -0.15) is 0 Å². The van der Waals surface area contributed by atoms with Crippen LogP contribution in [0.15, 0.2) is 12.2 Å². The number of rotatable bonds is 8. The maximum Gasteiger partial charge on any atom is 0.223 e. The first kappa shape index (κ1) is 22.8. The van der Waals surface area contributed by atoms with Gasteiger partial charge in [-0.25, -0.2) is 0 Å². The molecule has 7 heteroatoms. The molecule has 0 aromatic heterocycles. The van der Waals surface area contributed by atoms with Gasteiger partial charge in [-0.3, -0.25) is 9.59 Å². The van der Waals surface area contributed by atoms with Gasteiger partial charge in [0.15, 0.2) is 5.78 Å². The van der Waals surface area contributed by atoms with Gasteiger partial charge in [0, 0.05) is 26.0 Å². The van der Waals surface area contributed by atoms with Crippen LogP contribution in [0.3, 0.4) is 0 Å². The molecule has 26 heavy (non-hydrogen) atoms. The zero-order valence-corrected chi connectivity index (χ0v) is 16.1. The average Bonchev–Trinajstić information content (AvgIpc) is 2.76. The lowest BCUT2D eigenvalue weighted by Crippen LogP contribution is -2.48. The molecule has 1 aliphatic heterocycles. The lowest BCUT2D eigenvalue weighted by atomic mass is 9.90. The van der Waals surface area contributed by atoms with Crippen molar-refractivity contribution in [2.75, 3.05) is 13.7 Å². The summed E-state index contributed by atoms with van der Waals surface area (Å²) in [4.78, 5) is 24.5. The Morgan fingerprint density at radius 3 is 2.50 bits per heavy atom. The van der Waals surface area contributed by atoms with E-state index in [2.05, 4.69) is 5.32 Å². The molecule has 4 N–H and O–H groups in total. The van der Waals surface area contributed by atoms with E-state index in [9.17, 15) is 24.9 Å². The molecular weight excluding hydrogens is 338 g/mol. The topological polar surface area (TPSA) is 116 Å². The molecule has 7 nitrogen and oxygen atoms in total. The van der Waals surface area contributed by atoms with Crippen LogP contribution in [0.1, 0.15) is 46.5 Å². The third-order valence-corrected chi connectivity index (χ3v) is 4.47. The fraction of sp³-hybridized carbons (Fsp3) is 0.789. The number of ether oxygens (including phenoxy) is 1. The standard InChI is InChI=1S/C19H33NO6/c1-19(2,3)9-8-13(21)15(23)16(24)17(26-4)14(22)11-12-7-5-6-10-20-18(12)25/h8-9,12-13,15-17,21,23-24H,5-7,10-11H2,1-4H3,(H,20,25)/b9-8+/t12-,13-,15+,16-,17+/m1/s1. The van der Waals surface area contributed by atoms with Crippen molar-refractivity contribution in [3.63, 3.8) is 0 Å². The molecule has 1 fully saturated rings. The van der Waals surface area contributed by atoms with Gasteiger partial charge < -0.3 is 25.4 Å². The van der Waals surface area contributed by atoms with Crippen molar-refractivity contribution < 1.29 is 29.6 Å². The summed E-state index contributed by atoms with van der Waals surface area (Å²) in [5, 5.41) is 33.3. The van der Waals surface area contributed by atoms with Crippen LogP contribution < -0.4 is 5.32 Å². The molecule has 0 aromatic rings. The predicted molar refractivity (Wildman–Crippen MR) is 97.4 cm³/mol. The first-order valence-corrected chi connectivity index (χ1v) is 9.13. The number of carbonyl (C=O) groups excluding carboxylic acids is 2. The number of ketones is 1. The number of aliphatic hydroxyl groups is 3. The van der Waals surface area contributed by atoms with Gasteiger partial charge in [0.1, 0.15) is 24.4 Å². The number of hydrogen-bond donors (Lipinski definition) is 4. The summed E-state index contributed by atoms with van der Waals surface area (Å²) in [7, 11) is 1.25. The van der Waals surface area contributed by atoms with Crippen molar-refractivity contribution in [3.05, 3.63) is 12.2 Å². The minimum absolute atomic E-state index is 0.0674. The van der Waals surface area contributed by atoms with E-state index in [0.717, 1.165) is 12.8 Å². The lowest BCUT2D eigenvalue weighted by Gasteiger charge is -2.28. The molecule has 0 radical (unpaired) electrons. The zero-order chi connectivity index (χ0) is 19.9. The maximum atomic E-state index is 12.5. The Bertz CT molecular complexity index is 499. The Balaban J connectivity index is 2.73. The molecule has 0 aromatic carbocycles. The van der Waals surface area contributed by atoms with E-state index in [0.29, 0.717) is 13.0 Å². The summed E-state index contributed by atoms with van der Waals surface area (Å²) in [5.74, 6) is -1.10. The second kappa shape index (κ2) is 10.2. The van der Waals surface area contributed by atoms with Gasteiger partial charge in [-0.15, -0.1) is 0 Å². The molecule has 0 bridgehead atoms. The number of Topliss-reactive ketones (excluding diaryl/α,β-unsaturated/α-hetero) is 1. The maximum absolute atomic E-state index is 12.5. The van der Waals surface area contributed by atoms with Gasteiger partial charge >= 0.3 is 0 Å². The fourth-order valence-electron chi connectivity index (χ4n) is 2.90. The molecule has 0 saturated carbocycles. The van der Waals surface area contributed by atoms with Crippen LogP contribution in [-0.4, -0.2) is 65.1 Å². The molecule has 1 heterocycles. The second-order valence-corrected chi connectivity index (χ2v) is 8.01. The molecule has 1 amide bonds. The number of hydrogen-bond acceptors (Lipinski definition) is 6. The molecule has 1 saturated heterocycles. The summed E-state index contributed by atoms with van der Waals surface area (Å²) in [5.41, 5.74) is -0.199. The summed E-state index contributed by atoms with van der Waals surface area (Å²) in [6.45, 7) is 6.39. The molecule has 0 unspecified atom stereocenters. The minimum Gasteiger partial charge on any atom is -0.387 e. The number of nitrogens with one attached hydrogen (secondary N) is 1. The van der Waals surface area contributed by atoms with Crippen LogP contribution in [0, 0.1) is 11.3 Å². The average molecular weight is 371 g/mol. The van der Waals surface area contributed by atoms with Crippen molar-refractivity contribution >= 4 is 11.7 Å². The SMILES string of the molecule is CO[C@@H](C(=O)C[C@H]1CCCCNC1=O)[C@H](O)[C@@H](O)[C@H](O)/C=C/C(C)(C)C. The lowest BCUT2D eigenvalue weighted by molar-refractivity contribution is -0.149. The molecule has 0 aliphatic carbocycles. The van der Waals surface area contributed by atoms with E-state index < -0.39 is 36.1 Å². The van der Waals surface area contributed by atoms with Gasteiger partial charge in [-0.1, -0.05) is 39.3 Å². The Morgan fingerprint density at radius 1 is 1.27 bits per heavy atom. The molecule has 5 atom stereocenters. The van der Waals surface area contributed by atoms with Crippen molar-refractivity contribution in [2.45, 2.75) is 70.9 Å². The van der Waals surface area contributed by atoms with Crippen LogP contribution in [0.5, 0.6) is 0 Å². The summed E-state index contributed by atoms with van der Waals surface area (Å²) >= 11 is 0. The normalized spacial score (nSPS) is 23.8. The van der Waals surface area contributed by atoms with Gasteiger partial charge in [0.05, 0.1) is 0 Å². The molecule has 150 valence electrons. The van der Waals surface area contributed by atoms with Gasteiger partial charge in [-0.05, 0) is 18.3 Å². The summed E-state index contributed by atoms with van der Waals surface area (Å²) in [6, 6.07) is 0. The van der Waals surface area contributed by atoms with Crippen LogP contribution in [-0.2, 0) is 14.3 Å². The zero-order valence-electron chi connectivity index (χ0n) is 16.1. The van der Waals surface area contributed by atoms with E-state index >= 15 is 0 Å². The molecule has 1 aliphatic rings.